The van der Waals surface area contributed by atoms with Gasteiger partial charge in [-0.2, -0.15) is 4.98 Å². The van der Waals surface area contributed by atoms with E-state index in [0.717, 1.165) is 37.3 Å². The molecule has 94 valence electrons. The highest BCUT2D eigenvalue weighted by Crippen LogP contribution is 2.30. The van der Waals surface area contributed by atoms with Gasteiger partial charge < -0.3 is 21.9 Å². The number of aromatic nitrogens is 2. The van der Waals surface area contributed by atoms with Gasteiger partial charge in [0.2, 0.25) is 5.95 Å². The van der Waals surface area contributed by atoms with E-state index < -0.39 is 0 Å². The van der Waals surface area contributed by atoms with Crippen LogP contribution in [0.2, 0.25) is 0 Å². The van der Waals surface area contributed by atoms with Gasteiger partial charge in [0, 0.05) is 24.7 Å². The third-order valence-corrected chi connectivity index (χ3v) is 3.09. The Labute approximate surface area is 101 Å². The molecule has 1 aromatic rings. The molecule has 6 heteroatoms. The fourth-order valence-electron chi connectivity index (χ4n) is 2.25. The quantitative estimate of drug-likeness (QED) is 0.684. The number of nitrogens with two attached hydrogens (primary N) is 3. The molecular weight excluding hydrogens is 218 g/mol. The Morgan fingerprint density at radius 2 is 1.88 bits per heavy atom. The second-order valence-corrected chi connectivity index (χ2v) is 4.26. The molecule has 0 saturated carbocycles. The first-order valence-electron chi connectivity index (χ1n) is 5.92. The van der Waals surface area contributed by atoms with Crippen molar-refractivity contribution in [1.82, 2.24) is 9.97 Å². The van der Waals surface area contributed by atoms with Crippen molar-refractivity contribution < 1.29 is 4.74 Å². The largest absolute Gasteiger partial charge is 0.383 e. The minimum absolute atomic E-state index is 0.241. The van der Waals surface area contributed by atoms with Crippen LogP contribution >= 0.6 is 0 Å². The van der Waals surface area contributed by atoms with E-state index in [1.165, 1.54) is 0 Å². The number of nitrogens with zero attached hydrogens (tertiary/aromatic N) is 2. The Kier molecular flexibility index (Phi) is 3.75. The van der Waals surface area contributed by atoms with Crippen molar-refractivity contribution >= 4 is 11.8 Å². The molecule has 1 aromatic heterocycles. The normalized spacial score (nSPS) is 17.2. The zero-order chi connectivity index (χ0) is 12.3. The van der Waals surface area contributed by atoms with Crippen molar-refractivity contribution in [3.05, 3.63) is 11.3 Å². The summed E-state index contributed by atoms with van der Waals surface area (Å²) in [6.45, 7) is 2.06. The Morgan fingerprint density at radius 3 is 2.53 bits per heavy atom. The molecule has 0 radical (unpaired) electrons. The average molecular weight is 237 g/mol. The van der Waals surface area contributed by atoms with Crippen LogP contribution in [-0.2, 0) is 11.2 Å². The molecule has 0 aliphatic carbocycles. The summed E-state index contributed by atoms with van der Waals surface area (Å²) in [6.07, 6.45) is 2.60. The van der Waals surface area contributed by atoms with Crippen molar-refractivity contribution in [3.63, 3.8) is 0 Å². The van der Waals surface area contributed by atoms with Crippen molar-refractivity contribution in [3.8, 4) is 0 Å². The Morgan fingerprint density at radius 1 is 1.18 bits per heavy atom. The van der Waals surface area contributed by atoms with Gasteiger partial charge in [0.1, 0.15) is 5.82 Å². The van der Waals surface area contributed by atoms with E-state index in [2.05, 4.69) is 9.97 Å². The molecule has 1 aliphatic rings. The fraction of sp³-hybridized carbons (Fsp3) is 0.636. The van der Waals surface area contributed by atoms with Crippen molar-refractivity contribution in [2.24, 2.45) is 5.73 Å². The van der Waals surface area contributed by atoms with Crippen LogP contribution in [0.5, 0.6) is 0 Å². The van der Waals surface area contributed by atoms with Gasteiger partial charge in [0.05, 0.1) is 5.69 Å². The van der Waals surface area contributed by atoms with Gasteiger partial charge in [-0.15, -0.1) is 0 Å². The molecule has 1 aliphatic heterocycles. The third-order valence-electron chi connectivity index (χ3n) is 3.09. The molecular formula is C11H19N5O. The number of hydrogen-bond acceptors (Lipinski definition) is 6. The lowest BCUT2D eigenvalue weighted by Crippen LogP contribution is -2.20. The van der Waals surface area contributed by atoms with Crippen LogP contribution in [-0.4, -0.2) is 29.7 Å². The van der Waals surface area contributed by atoms with E-state index in [9.17, 15) is 0 Å². The zero-order valence-electron chi connectivity index (χ0n) is 9.85. The van der Waals surface area contributed by atoms with Gasteiger partial charge in [-0.05, 0) is 25.8 Å². The summed E-state index contributed by atoms with van der Waals surface area (Å²) in [5.74, 6) is 1.06. The number of ether oxygens (including phenoxy) is 1. The summed E-state index contributed by atoms with van der Waals surface area (Å²) in [5, 5.41) is 0. The molecule has 17 heavy (non-hydrogen) atoms. The van der Waals surface area contributed by atoms with Crippen molar-refractivity contribution in [2.45, 2.75) is 25.2 Å². The van der Waals surface area contributed by atoms with Crippen LogP contribution in [0.1, 0.15) is 30.0 Å². The molecule has 0 aromatic carbocycles. The predicted molar refractivity (Wildman–Crippen MR) is 66.4 cm³/mol. The van der Waals surface area contributed by atoms with Gasteiger partial charge in [-0.25, -0.2) is 4.98 Å². The molecule has 0 bridgehead atoms. The molecule has 0 amide bonds. The standard InChI is InChI=1S/C11H19N5O/c12-4-1-8-9(7-2-5-17-6-3-7)15-11(14)16-10(8)13/h7H,1-6,12H2,(H4,13,14,15,16). The molecule has 1 fully saturated rings. The highest BCUT2D eigenvalue weighted by atomic mass is 16.5. The first kappa shape index (κ1) is 12.1. The first-order valence-corrected chi connectivity index (χ1v) is 5.92. The van der Waals surface area contributed by atoms with Gasteiger partial charge in [0.15, 0.2) is 0 Å². The van der Waals surface area contributed by atoms with Crippen LogP contribution < -0.4 is 17.2 Å². The van der Waals surface area contributed by atoms with E-state index >= 15 is 0 Å². The Balaban J connectivity index is 2.35. The molecule has 0 atom stereocenters. The Bertz CT molecular complexity index is 390. The average Bonchev–Trinajstić information content (AvgIpc) is 2.33. The number of hydrogen-bond donors (Lipinski definition) is 3. The van der Waals surface area contributed by atoms with Crippen molar-refractivity contribution in [2.75, 3.05) is 31.2 Å². The summed E-state index contributed by atoms with van der Waals surface area (Å²) in [5.41, 5.74) is 19.1. The minimum atomic E-state index is 0.241. The van der Waals surface area contributed by atoms with E-state index in [1.54, 1.807) is 0 Å². The van der Waals surface area contributed by atoms with Gasteiger partial charge in [-0.3, -0.25) is 0 Å². The second kappa shape index (κ2) is 5.29. The molecule has 1 saturated heterocycles. The SMILES string of the molecule is NCCc1c(N)nc(N)nc1C1CCOCC1. The van der Waals surface area contributed by atoms with Crippen LogP contribution in [0, 0.1) is 0 Å². The molecule has 2 heterocycles. The highest BCUT2D eigenvalue weighted by molar-refractivity contribution is 5.47. The fourth-order valence-corrected chi connectivity index (χ4v) is 2.25. The van der Waals surface area contributed by atoms with Gasteiger partial charge >= 0.3 is 0 Å². The van der Waals surface area contributed by atoms with E-state index in [-0.39, 0.29) is 5.95 Å². The number of rotatable bonds is 3. The van der Waals surface area contributed by atoms with Crippen LogP contribution in [0.25, 0.3) is 0 Å². The topological polar surface area (TPSA) is 113 Å². The van der Waals surface area contributed by atoms with Crippen molar-refractivity contribution in [1.29, 1.82) is 0 Å². The lowest BCUT2D eigenvalue weighted by atomic mass is 9.92. The highest BCUT2D eigenvalue weighted by Gasteiger charge is 2.22. The Hall–Kier alpha value is -1.40. The van der Waals surface area contributed by atoms with Crippen LogP contribution in [0.15, 0.2) is 0 Å². The van der Waals surface area contributed by atoms with E-state index in [4.69, 9.17) is 21.9 Å². The monoisotopic (exact) mass is 237 g/mol. The smallest absolute Gasteiger partial charge is 0.222 e. The summed E-state index contributed by atoms with van der Waals surface area (Å²) >= 11 is 0. The summed E-state index contributed by atoms with van der Waals surface area (Å²) < 4.78 is 5.35. The number of nitrogen functional groups attached to an aromatic ring is 2. The minimum Gasteiger partial charge on any atom is -0.383 e. The summed E-state index contributed by atoms with van der Waals surface area (Å²) in [4.78, 5) is 8.36. The molecule has 6 nitrogen and oxygen atoms in total. The van der Waals surface area contributed by atoms with Gasteiger partial charge in [0.25, 0.3) is 0 Å². The zero-order valence-corrected chi connectivity index (χ0v) is 9.85. The maximum absolute atomic E-state index is 5.90. The predicted octanol–water partition coefficient (Wildman–Crippen LogP) is 0.0362. The first-order chi connectivity index (χ1) is 8.22. The maximum atomic E-state index is 5.90. The van der Waals surface area contributed by atoms with E-state index in [0.29, 0.717) is 24.7 Å². The molecule has 0 spiro atoms. The van der Waals surface area contributed by atoms with E-state index in [1.807, 2.05) is 0 Å². The second-order valence-electron chi connectivity index (χ2n) is 4.26. The molecule has 2 rings (SSSR count). The van der Waals surface area contributed by atoms with Gasteiger partial charge in [-0.1, -0.05) is 0 Å². The lowest BCUT2D eigenvalue weighted by molar-refractivity contribution is 0.0843. The maximum Gasteiger partial charge on any atom is 0.222 e. The summed E-state index contributed by atoms with van der Waals surface area (Å²) in [7, 11) is 0. The molecule has 6 N–H and O–H groups in total. The molecule has 0 unspecified atom stereocenters. The summed E-state index contributed by atoms with van der Waals surface area (Å²) in [6, 6.07) is 0. The lowest BCUT2D eigenvalue weighted by Gasteiger charge is -2.24. The third kappa shape index (κ3) is 2.65. The van der Waals surface area contributed by atoms with Crippen LogP contribution in [0.4, 0.5) is 11.8 Å². The van der Waals surface area contributed by atoms with Crippen LogP contribution in [0.3, 0.4) is 0 Å². The number of anilines is 2.